The first-order valence-corrected chi connectivity index (χ1v) is 9.47. The standard InChI is InChI=1S/C22H21Cl2NO2/c23-19-10-11-22(27-15-17-8-4-5-9-20(17)24)18(12-19)13-25-14-21(26)16-6-2-1-3-7-16/h1-12,21,25-26H,13-15H2/t21-/m0/s1. The number of rotatable bonds is 8. The van der Waals surface area contributed by atoms with E-state index in [0.29, 0.717) is 29.7 Å². The monoisotopic (exact) mass is 401 g/mol. The largest absolute Gasteiger partial charge is 0.489 e. The summed E-state index contributed by atoms with van der Waals surface area (Å²) in [5.74, 6) is 0.737. The lowest BCUT2D eigenvalue weighted by atomic mass is 10.1. The fourth-order valence-electron chi connectivity index (χ4n) is 2.73. The molecule has 3 rings (SSSR count). The summed E-state index contributed by atoms with van der Waals surface area (Å²) in [4.78, 5) is 0. The Hall–Kier alpha value is -2.04. The van der Waals surface area contributed by atoms with Crippen LogP contribution in [0.4, 0.5) is 0 Å². The van der Waals surface area contributed by atoms with Gasteiger partial charge in [-0.05, 0) is 29.8 Å². The number of hydrogen-bond acceptors (Lipinski definition) is 3. The van der Waals surface area contributed by atoms with Gasteiger partial charge < -0.3 is 15.2 Å². The molecule has 0 spiro atoms. The van der Waals surface area contributed by atoms with Gasteiger partial charge in [-0.2, -0.15) is 0 Å². The van der Waals surface area contributed by atoms with Crippen molar-refractivity contribution in [1.29, 1.82) is 0 Å². The van der Waals surface area contributed by atoms with Crippen molar-refractivity contribution >= 4 is 23.2 Å². The Kier molecular flexibility index (Phi) is 7.13. The Morgan fingerprint density at radius 2 is 1.63 bits per heavy atom. The van der Waals surface area contributed by atoms with Crippen LogP contribution in [0.25, 0.3) is 0 Å². The Labute approximate surface area is 169 Å². The van der Waals surface area contributed by atoms with E-state index in [0.717, 1.165) is 22.4 Å². The lowest BCUT2D eigenvalue weighted by Crippen LogP contribution is -2.21. The van der Waals surface area contributed by atoms with Crippen molar-refractivity contribution < 1.29 is 9.84 Å². The second-order valence-electron chi connectivity index (χ2n) is 6.19. The van der Waals surface area contributed by atoms with Gasteiger partial charge in [-0.1, -0.05) is 71.7 Å². The van der Waals surface area contributed by atoms with Gasteiger partial charge in [0.15, 0.2) is 0 Å². The van der Waals surface area contributed by atoms with Crippen LogP contribution >= 0.6 is 23.2 Å². The quantitative estimate of drug-likeness (QED) is 0.531. The van der Waals surface area contributed by atoms with Crippen molar-refractivity contribution in [3.05, 3.63) is 99.5 Å². The number of nitrogens with one attached hydrogen (secondary N) is 1. The maximum atomic E-state index is 10.3. The van der Waals surface area contributed by atoms with E-state index in [2.05, 4.69) is 5.32 Å². The first-order valence-electron chi connectivity index (χ1n) is 8.72. The van der Waals surface area contributed by atoms with Gasteiger partial charge in [-0.25, -0.2) is 0 Å². The molecule has 0 radical (unpaired) electrons. The van der Waals surface area contributed by atoms with Crippen molar-refractivity contribution in [2.45, 2.75) is 19.3 Å². The SMILES string of the molecule is O[C@@H](CNCc1cc(Cl)ccc1OCc1ccccc1Cl)c1ccccc1. The zero-order valence-electron chi connectivity index (χ0n) is 14.7. The molecule has 3 aromatic carbocycles. The number of aliphatic hydroxyl groups is 1. The number of halogens is 2. The molecule has 0 aliphatic rings. The number of benzene rings is 3. The topological polar surface area (TPSA) is 41.5 Å². The van der Waals surface area contributed by atoms with Crippen molar-refractivity contribution in [2.24, 2.45) is 0 Å². The van der Waals surface area contributed by atoms with E-state index >= 15 is 0 Å². The van der Waals surface area contributed by atoms with E-state index in [1.807, 2.05) is 66.7 Å². The van der Waals surface area contributed by atoms with Crippen LogP contribution in [0.1, 0.15) is 22.8 Å². The second kappa shape index (κ2) is 9.77. The summed E-state index contributed by atoms with van der Waals surface area (Å²) in [6.45, 7) is 1.34. The van der Waals surface area contributed by atoms with Crippen LogP contribution in [-0.4, -0.2) is 11.7 Å². The van der Waals surface area contributed by atoms with Crippen LogP contribution in [0, 0.1) is 0 Å². The molecule has 0 unspecified atom stereocenters. The number of aliphatic hydroxyl groups excluding tert-OH is 1. The fraction of sp³-hybridized carbons (Fsp3) is 0.182. The summed E-state index contributed by atoms with van der Waals surface area (Å²) in [6.07, 6.45) is -0.571. The highest BCUT2D eigenvalue weighted by Crippen LogP contribution is 2.25. The molecule has 0 heterocycles. The average molecular weight is 402 g/mol. The predicted octanol–water partition coefficient (Wildman–Crippen LogP) is 5.40. The molecule has 0 bridgehead atoms. The zero-order valence-corrected chi connectivity index (χ0v) is 16.3. The highest BCUT2D eigenvalue weighted by atomic mass is 35.5. The highest BCUT2D eigenvalue weighted by molar-refractivity contribution is 6.31. The molecule has 2 N–H and O–H groups in total. The summed E-state index contributed by atoms with van der Waals surface area (Å²) in [6, 6.07) is 22.7. The average Bonchev–Trinajstić information content (AvgIpc) is 2.69. The molecule has 0 amide bonds. The smallest absolute Gasteiger partial charge is 0.124 e. The molecular formula is C22H21Cl2NO2. The molecule has 3 aromatic rings. The van der Waals surface area contributed by atoms with E-state index in [1.165, 1.54) is 0 Å². The van der Waals surface area contributed by atoms with Gasteiger partial charge in [0.2, 0.25) is 0 Å². The van der Waals surface area contributed by atoms with Gasteiger partial charge in [0, 0.05) is 34.3 Å². The minimum atomic E-state index is -0.571. The molecule has 0 saturated heterocycles. The number of ether oxygens (including phenoxy) is 1. The van der Waals surface area contributed by atoms with Crippen LogP contribution in [0.5, 0.6) is 5.75 Å². The lowest BCUT2D eigenvalue weighted by molar-refractivity contribution is 0.174. The van der Waals surface area contributed by atoms with E-state index in [4.69, 9.17) is 27.9 Å². The molecule has 27 heavy (non-hydrogen) atoms. The van der Waals surface area contributed by atoms with Gasteiger partial charge in [0.1, 0.15) is 12.4 Å². The Bertz CT molecular complexity index is 871. The maximum Gasteiger partial charge on any atom is 0.124 e. The molecular weight excluding hydrogens is 381 g/mol. The van der Waals surface area contributed by atoms with Crippen molar-refractivity contribution in [3.8, 4) is 5.75 Å². The molecule has 140 valence electrons. The van der Waals surface area contributed by atoms with Crippen LogP contribution in [0.2, 0.25) is 10.0 Å². The van der Waals surface area contributed by atoms with Crippen molar-refractivity contribution in [3.63, 3.8) is 0 Å². The van der Waals surface area contributed by atoms with E-state index < -0.39 is 6.10 Å². The lowest BCUT2D eigenvalue weighted by Gasteiger charge is -2.15. The normalized spacial score (nSPS) is 12.0. The van der Waals surface area contributed by atoms with Crippen LogP contribution in [0.15, 0.2) is 72.8 Å². The molecule has 1 atom stereocenters. The van der Waals surface area contributed by atoms with E-state index in [1.54, 1.807) is 6.07 Å². The molecule has 0 aliphatic heterocycles. The Morgan fingerprint density at radius 1 is 0.889 bits per heavy atom. The van der Waals surface area contributed by atoms with Crippen molar-refractivity contribution in [1.82, 2.24) is 5.32 Å². The van der Waals surface area contributed by atoms with Crippen LogP contribution in [0.3, 0.4) is 0 Å². The first kappa shape index (κ1) is 19.7. The minimum absolute atomic E-state index is 0.376. The van der Waals surface area contributed by atoms with Gasteiger partial charge in [-0.15, -0.1) is 0 Å². The summed E-state index contributed by atoms with van der Waals surface area (Å²) in [5.41, 5.74) is 2.73. The summed E-state index contributed by atoms with van der Waals surface area (Å²) in [7, 11) is 0. The summed E-state index contributed by atoms with van der Waals surface area (Å²) < 4.78 is 5.96. The van der Waals surface area contributed by atoms with Crippen LogP contribution in [-0.2, 0) is 13.2 Å². The van der Waals surface area contributed by atoms with Crippen LogP contribution < -0.4 is 10.1 Å². The third-order valence-corrected chi connectivity index (χ3v) is 4.80. The highest BCUT2D eigenvalue weighted by Gasteiger charge is 2.09. The number of hydrogen-bond donors (Lipinski definition) is 2. The fourth-order valence-corrected chi connectivity index (χ4v) is 3.12. The molecule has 3 nitrogen and oxygen atoms in total. The first-order chi connectivity index (χ1) is 13.1. The van der Waals surface area contributed by atoms with E-state index in [-0.39, 0.29) is 0 Å². The molecule has 0 aliphatic carbocycles. The molecule has 5 heteroatoms. The third-order valence-electron chi connectivity index (χ3n) is 4.20. The second-order valence-corrected chi connectivity index (χ2v) is 7.03. The van der Waals surface area contributed by atoms with Crippen molar-refractivity contribution in [2.75, 3.05) is 6.54 Å². The minimum Gasteiger partial charge on any atom is -0.489 e. The van der Waals surface area contributed by atoms with Gasteiger partial charge in [0.05, 0.1) is 6.10 Å². The predicted molar refractivity (Wildman–Crippen MR) is 110 cm³/mol. The molecule has 0 aromatic heterocycles. The van der Waals surface area contributed by atoms with Gasteiger partial charge >= 0.3 is 0 Å². The summed E-state index contributed by atoms with van der Waals surface area (Å²) >= 11 is 12.3. The third kappa shape index (κ3) is 5.72. The zero-order chi connectivity index (χ0) is 19.1. The Balaban J connectivity index is 1.61. The molecule has 0 fully saturated rings. The van der Waals surface area contributed by atoms with E-state index in [9.17, 15) is 5.11 Å². The Morgan fingerprint density at radius 3 is 2.41 bits per heavy atom. The van der Waals surface area contributed by atoms with Gasteiger partial charge in [-0.3, -0.25) is 0 Å². The molecule has 0 saturated carbocycles. The van der Waals surface area contributed by atoms with Gasteiger partial charge in [0.25, 0.3) is 0 Å². The maximum absolute atomic E-state index is 10.3. The summed E-state index contributed by atoms with van der Waals surface area (Å²) in [5, 5.41) is 14.9.